The monoisotopic (exact) mass is 408 g/mol. The van der Waals surface area contributed by atoms with Crippen molar-refractivity contribution in [2.24, 2.45) is 0 Å². The maximum absolute atomic E-state index is 12.8. The van der Waals surface area contributed by atoms with Crippen molar-refractivity contribution in [1.29, 1.82) is 0 Å². The number of hydrogen-bond acceptors (Lipinski definition) is 3. The van der Waals surface area contributed by atoms with Crippen molar-refractivity contribution in [3.05, 3.63) is 66.2 Å². The topological polar surface area (TPSA) is 63.1 Å². The summed E-state index contributed by atoms with van der Waals surface area (Å²) in [4.78, 5) is 28.1. The van der Waals surface area contributed by atoms with Crippen molar-refractivity contribution in [2.45, 2.75) is 13.3 Å². The van der Waals surface area contributed by atoms with E-state index in [4.69, 9.17) is 4.74 Å². The lowest BCUT2D eigenvalue weighted by atomic mass is 9.99. The zero-order valence-electron chi connectivity index (χ0n) is 17.7. The van der Waals surface area contributed by atoms with Gasteiger partial charge in [0.2, 0.25) is 0 Å². The second-order valence-corrected chi connectivity index (χ2v) is 7.39. The van der Waals surface area contributed by atoms with Gasteiger partial charge in [0.1, 0.15) is 5.75 Å². The van der Waals surface area contributed by atoms with Crippen molar-refractivity contribution in [3.63, 3.8) is 0 Å². The molecule has 0 spiro atoms. The van der Waals surface area contributed by atoms with E-state index in [9.17, 15) is 9.59 Å². The van der Waals surface area contributed by atoms with Gasteiger partial charge in [0.15, 0.2) is 13.1 Å². The summed E-state index contributed by atoms with van der Waals surface area (Å²) in [5, 5.41) is 2.88. The highest BCUT2D eigenvalue weighted by atomic mass is 16.5. The third-order valence-electron chi connectivity index (χ3n) is 5.40. The number of hydrogen-bond donors (Lipinski definition) is 2. The molecule has 2 aromatic carbocycles. The first-order chi connectivity index (χ1) is 14.6. The lowest BCUT2D eigenvalue weighted by Gasteiger charge is -2.28. The molecule has 1 heterocycles. The third-order valence-corrected chi connectivity index (χ3v) is 5.40. The van der Waals surface area contributed by atoms with E-state index < -0.39 is 0 Å². The molecular weight excluding hydrogens is 378 g/mol. The first-order valence-electron chi connectivity index (χ1n) is 10.4. The Labute approximate surface area is 178 Å². The van der Waals surface area contributed by atoms with Crippen LogP contribution in [0.2, 0.25) is 0 Å². The van der Waals surface area contributed by atoms with Gasteiger partial charge in [-0.3, -0.25) is 9.59 Å². The standard InChI is InChI=1S/C24H29N3O3/c1-3-26(17-23(28)25-21-11-7-8-12-22(21)30-2)18-24(29)27-15-13-20(14-16-27)19-9-5-4-6-10-19/h4-13H,3,14-18H2,1-2H3,(H,25,28)/p+1. The average Bonchev–Trinajstić information content (AvgIpc) is 2.79. The SMILES string of the molecule is CC[NH+](CC(=O)Nc1ccccc1OC)CC(=O)N1CC=C(c2ccccc2)CC1. The molecule has 1 aliphatic rings. The van der Waals surface area contributed by atoms with Crippen molar-refractivity contribution in [3.8, 4) is 5.75 Å². The molecule has 6 heteroatoms. The smallest absolute Gasteiger partial charge is 0.279 e. The van der Waals surface area contributed by atoms with Crippen molar-refractivity contribution < 1.29 is 19.2 Å². The molecule has 3 rings (SSSR count). The quantitative estimate of drug-likeness (QED) is 0.701. The highest BCUT2D eigenvalue weighted by molar-refractivity contribution is 5.93. The fourth-order valence-corrected chi connectivity index (χ4v) is 3.62. The number of carbonyl (C=O) groups is 2. The summed E-state index contributed by atoms with van der Waals surface area (Å²) in [6.07, 6.45) is 2.99. The Morgan fingerprint density at radius 2 is 1.80 bits per heavy atom. The summed E-state index contributed by atoms with van der Waals surface area (Å²) in [6, 6.07) is 17.6. The minimum absolute atomic E-state index is 0.0836. The van der Waals surface area contributed by atoms with E-state index in [1.54, 1.807) is 19.2 Å². The predicted octanol–water partition coefficient (Wildman–Crippen LogP) is 1.85. The molecule has 2 aromatic rings. The van der Waals surface area contributed by atoms with E-state index in [0.717, 1.165) is 11.3 Å². The number of benzene rings is 2. The molecule has 0 aliphatic carbocycles. The van der Waals surface area contributed by atoms with E-state index >= 15 is 0 Å². The van der Waals surface area contributed by atoms with Gasteiger partial charge < -0.3 is 19.9 Å². The molecule has 30 heavy (non-hydrogen) atoms. The van der Waals surface area contributed by atoms with E-state index in [0.29, 0.717) is 37.6 Å². The van der Waals surface area contributed by atoms with Gasteiger partial charge in [0, 0.05) is 13.1 Å². The van der Waals surface area contributed by atoms with E-state index in [1.807, 2.05) is 42.2 Å². The number of ether oxygens (including phenoxy) is 1. The van der Waals surface area contributed by atoms with Gasteiger partial charge in [-0.1, -0.05) is 48.5 Å². The Hall–Kier alpha value is -3.12. The summed E-state index contributed by atoms with van der Waals surface area (Å²) in [6.45, 7) is 4.56. The summed E-state index contributed by atoms with van der Waals surface area (Å²) in [5.41, 5.74) is 3.15. The summed E-state index contributed by atoms with van der Waals surface area (Å²) in [7, 11) is 1.57. The van der Waals surface area contributed by atoms with Gasteiger partial charge in [-0.15, -0.1) is 0 Å². The summed E-state index contributed by atoms with van der Waals surface area (Å²) < 4.78 is 5.27. The van der Waals surface area contributed by atoms with Gasteiger partial charge in [0.05, 0.1) is 19.3 Å². The van der Waals surface area contributed by atoms with Crippen LogP contribution in [0, 0.1) is 0 Å². The van der Waals surface area contributed by atoms with Gasteiger partial charge in [-0.25, -0.2) is 0 Å². The highest BCUT2D eigenvalue weighted by Gasteiger charge is 2.23. The number of anilines is 1. The van der Waals surface area contributed by atoms with Crippen molar-refractivity contribution in [1.82, 2.24) is 4.90 Å². The second-order valence-electron chi connectivity index (χ2n) is 7.39. The Bertz CT molecular complexity index is 896. The minimum Gasteiger partial charge on any atom is -0.495 e. The number of likely N-dealkylation sites (N-methyl/N-ethyl adjacent to an activating group) is 1. The zero-order valence-corrected chi connectivity index (χ0v) is 17.7. The van der Waals surface area contributed by atoms with Crippen LogP contribution in [0.25, 0.3) is 5.57 Å². The summed E-state index contributed by atoms with van der Waals surface area (Å²) in [5.74, 6) is 0.573. The average molecular weight is 409 g/mol. The van der Waals surface area contributed by atoms with Crippen molar-refractivity contribution >= 4 is 23.1 Å². The van der Waals surface area contributed by atoms with Gasteiger partial charge in [-0.05, 0) is 36.6 Å². The first-order valence-corrected chi connectivity index (χ1v) is 10.4. The fourth-order valence-electron chi connectivity index (χ4n) is 3.62. The van der Waals surface area contributed by atoms with Crippen LogP contribution in [-0.4, -0.2) is 56.5 Å². The fraction of sp³-hybridized carbons (Fsp3) is 0.333. The van der Waals surface area contributed by atoms with Crippen molar-refractivity contribution in [2.75, 3.05) is 45.2 Å². The molecule has 0 radical (unpaired) electrons. The van der Waals surface area contributed by atoms with Crippen LogP contribution < -0.4 is 15.0 Å². The van der Waals surface area contributed by atoms with Gasteiger partial charge in [0.25, 0.3) is 11.8 Å². The highest BCUT2D eigenvalue weighted by Crippen LogP contribution is 2.23. The van der Waals surface area contributed by atoms with Crippen LogP contribution in [0.5, 0.6) is 5.75 Å². The maximum atomic E-state index is 12.8. The molecule has 1 atom stereocenters. The predicted molar refractivity (Wildman–Crippen MR) is 118 cm³/mol. The minimum atomic E-state index is -0.131. The van der Waals surface area contributed by atoms with Crippen LogP contribution in [0.1, 0.15) is 18.9 Å². The number of nitrogens with one attached hydrogen (secondary N) is 2. The molecule has 0 saturated heterocycles. The number of para-hydroxylation sites is 2. The molecule has 158 valence electrons. The number of quaternary nitrogens is 1. The lowest BCUT2D eigenvalue weighted by Crippen LogP contribution is -3.14. The third kappa shape index (κ3) is 5.70. The Morgan fingerprint density at radius 3 is 2.47 bits per heavy atom. The molecule has 2 amide bonds. The molecule has 0 saturated carbocycles. The molecular formula is C24H30N3O3+. The number of nitrogens with zero attached hydrogens (tertiary/aromatic N) is 1. The normalized spacial score (nSPS) is 14.6. The molecule has 0 bridgehead atoms. The van der Waals surface area contributed by atoms with Gasteiger partial charge in [-0.2, -0.15) is 0 Å². The lowest BCUT2D eigenvalue weighted by molar-refractivity contribution is -0.882. The Balaban J connectivity index is 1.52. The zero-order chi connectivity index (χ0) is 21.3. The molecule has 2 N–H and O–H groups in total. The van der Waals surface area contributed by atoms with Crippen LogP contribution >= 0.6 is 0 Å². The molecule has 6 nitrogen and oxygen atoms in total. The number of rotatable bonds is 8. The van der Waals surface area contributed by atoms with Crippen LogP contribution in [0.15, 0.2) is 60.7 Å². The molecule has 1 aliphatic heterocycles. The van der Waals surface area contributed by atoms with Crippen LogP contribution in [0.4, 0.5) is 5.69 Å². The molecule has 1 unspecified atom stereocenters. The van der Waals surface area contributed by atoms with E-state index in [1.165, 1.54) is 11.1 Å². The second kappa shape index (κ2) is 10.6. The van der Waals surface area contributed by atoms with Crippen LogP contribution in [-0.2, 0) is 9.59 Å². The van der Waals surface area contributed by atoms with E-state index in [-0.39, 0.29) is 18.4 Å². The molecule has 0 aromatic heterocycles. The largest absolute Gasteiger partial charge is 0.495 e. The Morgan fingerprint density at radius 1 is 1.07 bits per heavy atom. The maximum Gasteiger partial charge on any atom is 0.279 e. The van der Waals surface area contributed by atoms with Crippen LogP contribution in [0.3, 0.4) is 0 Å². The molecule has 0 fully saturated rings. The number of amides is 2. The Kier molecular flexibility index (Phi) is 7.63. The van der Waals surface area contributed by atoms with E-state index in [2.05, 4.69) is 23.5 Å². The summed E-state index contributed by atoms with van der Waals surface area (Å²) >= 11 is 0. The number of carbonyl (C=O) groups excluding carboxylic acids is 2. The van der Waals surface area contributed by atoms with Gasteiger partial charge >= 0.3 is 0 Å². The number of methoxy groups -OCH3 is 1. The first kappa shape index (κ1) is 21.6.